The Morgan fingerprint density at radius 3 is 2.85 bits per heavy atom. The van der Waals surface area contributed by atoms with Crippen molar-refractivity contribution in [2.45, 2.75) is 39.0 Å². The Labute approximate surface area is 81.2 Å². The first-order valence-electron chi connectivity index (χ1n) is 5.66. The summed E-state index contributed by atoms with van der Waals surface area (Å²) in [5, 5.41) is 0. The van der Waals surface area contributed by atoms with Crippen LogP contribution in [0.4, 0.5) is 0 Å². The van der Waals surface area contributed by atoms with Crippen molar-refractivity contribution in [1.82, 2.24) is 0 Å². The molecule has 0 aromatic heterocycles. The van der Waals surface area contributed by atoms with Crippen LogP contribution in [0.5, 0.6) is 0 Å². The van der Waals surface area contributed by atoms with E-state index in [2.05, 4.69) is 13.0 Å². The average Bonchev–Trinajstić information content (AvgIpc) is 2.73. The van der Waals surface area contributed by atoms with Gasteiger partial charge >= 0.3 is 0 Å². The standard InChI is InChI=1S/C12H20O/c1-2-3-6-13-9-12-8-10-4-5-11(12)7-10/h3,6,10-12H,2,4-5,7-9H2,1H3/b6-3+. The second-order valence-corrected chi connectivity index (χ2v) is 4.55. The highest BCUT2D eigenvalue weighted by Gasteiger charge is 2.39. The van der Waals surface area contributed by atoms with Crippen molar-refractivity contribution >= 4 is 0 Å². The molecule has 2 saturated carbocycles. The molecule has 2 rings (SSSR count). The Bertz CT molecular complexity index is 186. The molecule has 0 aliphatic heterocycles. The summed E-state index contributed by atoms with van der Waals surface area (Å²) in [6.45, 7) is 3.11. The molecule has 2 aliphatic rings. The van der Waals surface area contributed by atoms with Crippen molar-refractivity contribution in [2.24, 2.45) is 17.8 Å². The highest BCUT2D eigenvalue weighted by atomic mass is 16.5. The fraction of sp³-hybridized carbons (Fsp3) is 0.833. The summed E-state index contributed by atoms with van der Waals surface area (Å²) in [6.07, 6.45) is 10.9. The summed E-state index contributed by atoms with van der Waals surface area (Å²) in [7, 11) is 0. The second kappa shape index (κ2) is 4.17. The zero-order valence-electron chi connectivity index (χ0n) is 8.54. The topological polar surface area (TPSA) is 9.23 Å². The van der Waals surface area contributed by atoms with Crippen LogP contribution in [-0.4, -0.2) is 6.61 Å². The van der Waals surface area contributed by atoms with Gasteiger partial charge in [0, 0.05) is 0 Å². The van der Waals surface area contributed by atoms with Gasteiger partial charge in [0.05, 0.1) is 12.9 Å². The Kier molecular flexibility index (Phi) is 2.92. The first-order valence-corrected chi connectivity index (χ1v) is 5.66. The van der Waals surface area contributed by atoms with Gasteiger partial charge in [0.1, 0.15) is 0 Å². The lowest BCUT2D eigenvalue weighted by Crippen LogP contribution is -2.15. The van der Waals surface area contributed by atoms with Crippen LogP contribution in [0.1, 0.15) is 39.0 Å². The first-order chi connectivity index (χ1) is 6.40. The van der Waals surface area contributed by atoms with Gasteiger partial charge in [0.2, 0.25) is 0 Å². The van der Waals surface area contributed by atoms with Crippen LogP contribution in [0, 0.1) is 17.8 Å². The molecule has 1 nitrogen and oxygen atoms in total. The minimum Gasteiger partial charge on any atom is -0.501 e. The Hall–Kier alpha value is -0.460. The highest BCUT2D eigenvalue weighted by Crippen LogP contribution is 2.48. The molecule has 0 heterocycles. The summed E-state index contributed by atoms with van der Waals surface area (Å²) in [4.78, 5) is 0. The smallest absolute Gasteiger partial charge is 0.0904 e. The maximum atomic E-state index is 5.53. The molecule has 0 saturated heterocycles. The molecule has 3 atom stereocenters. The molecule has 2 aliphatic carbocycles. The van der Waals surface area contributed by atoms with E-state index in [9.17, 15) is 0 Å². The first kappa shape index (κ1) is 9.11. The van der Waals surface area contributed by atoms with Crippen molar-refractivity contribution in [3.63, 3.8) is 0 Å². The molecule has 0 spiro atoms. The molecular formula is C12H20O. The van der Waals surface area contributed by atoms with Crippen molar-refractivity contribution in [3.8, 4) is 0 Å². The van der Waals surface area contributed by atoms with Gasteiger partial charge in [0.15, 0.2) is 0 Å². The molecule has 74 valence electrons. The van der Waals surface area contributed by atoms with Crippen LogP contribution in [0.25, 0.3) is 0 Å². The predicted molar refractivity (Wildman–Crippen MR) is 54.3 cm³/mol. The largest absolute Gasteiger partial charge is 0.501 e. The van der Waals surface area contributed by atoms with Crippen LogP contribution in [0.15, 0.2) is 12.3 Å². The van der Waals surface area contributed by atoms with E-state index in [-0.39, 0.29) is 0 Å². The van der Waals surface area contributed by atoms with E-state index in [1.165, 1.54) is 25.7 Å². The summed E-state index contributed by atoms with van der Waals surface area (Å²) >= 11 is 0. The number of fused-ring (bicyclic) bond motifs is 2. The van der Waals surface area contributed by atoms with Gasteiger partial charge in [-0.3, -0.25) is 0 Å². The van der Waals surface area contributed by atoms with Crippen LogP contribution in [-0.2, 0) is 4.74 Å². The third kappa shape index (κ3) is 2.07. The molecule has 13 heavy (non-hydrogen) atoms. The van der Waals surface area contributed by atoms with Crippen molar-refractivity contribution < 1.29 is 4.74 Å². The monoisotopic (exact) mass is 180 g/mol. The molecule has 0 aromatic carbocycles. The number of allylic oxidation sites excluding steroid dienone is 1. The van der Waals surface area contributed by atoms with Crippen molar-refractivity contribution in [2.75, 3.05) is 6.61 Å². The summed E-state index contributed by atoms with van der Waals surface area (Å²) < 4.78 is 5.53. The number of rotatable bonds is 4. The van der Waals surface area contributed by atoms with Crippen molar-refractivity contribution in [1.29, 1.82) is 0 Å². The second-order valence-electron chi connectivity index (χ2n) is 4.55. The molecule has 3 unspecified atom stereocenters. The minimum atomic E-state index is 0.875. The maximum Gasteiger partial charge on any atom is 0.0904 e. The molecule has 0 N–H and O–H groups in total. The van der Waals surface area contributed by atoms with Crippen LogP contribution in [0.2, 0.25) is 0 Å². The fourth-order valence-corrected chi connectivity index (χ4v) is 2.92. The number of ether oxygens (including phenoxy) is 1. The predicted octanol–water partition coefficient (Wildman–Crippen LogP) is 3.36. The highest BCUT2D eigenvalue weighted by molar-refractivity contribution is 4.90. The molecule has 0 aromatic rings. The van der Waals surface area contributed by atoms with Crippen LogP contribution in [0.3, 0.4) is 0 Å². The van der Waals surface area contributed by atoms with Crippen LogP contribution < -0.4 is 0 Å². The van der Waals surface area contributed by atoms with E-state index in [4.69, 9.17) is 4.74 Å². The van der Waals surface area contributed by atoms with Gasteiger partial charge in [-0.1, -0.05) is 19.4 Å². The molecule has 1 heteroatoms. The maximum absolute atomic E-state index is 5.53. The lowest BCUT2D eigenvalue weighted by molar-refractivity contribution is 0.154. The van der Waals surface area contributed by atoms with Crippen molar-refractivity contribution in [3.05, 3.63) is 12.3 Å². The van der Waals surface area contributed by atoms with E-state index in [1.54, 1.807) is 0 Å². The zero-order valence-corrected chi connectivity index (χ0v) is 8.54. The van der Waals surface area contributed by atoms with Gasteiger partial charge in [-0.25, -0.2) is 0 Å². The van der Waals surface area contributed by atoms with E-state index >= 15 is 0 Å². The summed E-state index contributed by atoms with van der Waals surface area (Å²) in [5.41, 5.74) is 0. The molecule has 0 radical (unpaired) electrons. The van der Waals surface area contributed by atoms with Gasteiger partial charge in [-0.15, -0.1) is 0 Å². The van der Waals surface area contributed by atoms with Gasteiger partial charge in [-0.05, 0) is 43.4 Å². The fourth-order valence-electron chi connectivity index (χ4n) is 2.92. The Morgan fingerprint density at radius 1 is 1.31 bits per heavy atom. The van der Waals surface area contributed by atoms with E-state index in [1.807, 2.05) is 6.26 Å². The third-order valence-corrected chi connectivity index (χ3v) is 3.62. The van der Waals surface area contributed by atoms with E-state index < -0.39 is 0 Å². The molecule has 0 amide bonds. The van der Waals surface area contributed by atoms with Gasteiger partial charge in [-0.2, -0.15) is 0 Å². The molecular weight excluding hydrogens is 160 g/mol. The van der Waals surface area contributed by atoms with E-state index in [0.29, 0.717) is 0 Å². The normalized spacial score (nSPS) is 37.5. The average molecular weight is 180 g/mol. The third-order valence-electron chi connectivity index (χ3n) is 3.62. The lowest BCUT2D eigenvalue weighted by atomic mass is 9.90. The summed E-state index contributed by atoms with van der Waals surface area (Å²) in [6, 6.07) is 0. The lowest BCUT2D eigenvalue weighted by Gasteiger charge is -2.20. The Balaban J connectivity index is 1.68. The minimum absolute atomic E-state index is 0.875. The number of hydrogen-bond donors (Lipinski definition) is 0. The van der Waals surface area contributed by atoms with Gasteiger partial charge in [0.25, 0.3) is 0 Å². The molecule has 2 bridgehead atoms. The zero-order chi connectivity index (χ0) is 9.10. The summed E-state index contributed by atoms with van der Waals surface area (Å²) in [5.74, 6) is 2.93. The Morgan fingerprint density at radius 2 is 2.23 bits per heavy atom. The van der Waals surface area contributed by atoms with Crippen LogP contribution >= 0.6 is 0 Å². The molecule has 2 fully saturated rings. The number of hydrogen-bond acceptors (Lipinski definition) is 1. The van der Waals surface area contributed by atoms with E-state index in [0.717, 1.165) is 30.8 Å². The quantitative estimate of drug-likeness (QED) is 0.603. The SMILES string of the molecule is CC/C=C/OCC1CC2CCC1C2. The van der Waals surface area contributed by atoms with Gasteiger partial charge < -0.3 is 4.74 Å².